The Morgan fingerprint density at radius 2 is 1.95 bits per heavy atom. The van der Waals surface area contributed by atoms with Gasteiger partial charge in [-0.25, -0.2) is 9.97 Å². The predicted octanol–water partition coefficient (Wildman–Crippen LogP) is 2.14. The molecule has 6 heteroatoms. The normalized spacial score (nSPS) is 24.8. The fourth-order valence-corrected chi connectivity index (χ4v) is 2.62. The molecule has 0 bridgehead atoms. The van der Waals surface area contributed by atoms with Crippen LogP contribution in [0.25, 0.3) is 0 Å². The number of hydrogen-bond acceptors (Lipinski definition) is 5. The number of aliphatic hydroxyl groups is 1. The van der Waals surface area contributed by atoms with Crippen LogP contribution in [0.4, 0.5) is 0 Å². The largest absolute Gasteiger partial charge is 0.469 e. The number of halogens is 1. The predicted molar refractivity (Wildman–Crippen MR) is 69.5 cm³/mol. The van der Waals surface area contributed by atoms with Crippen molar-refractivity contribution in [3.8, 4) is 0 Å². The molecule has 5 nitrogen and oxygen atoms in total. The van der Waals surface area contributed by atoms with Crippen LogP contribution >= 0.6 is 11.6 Å². The monoisotopic (exact) mass is 284 g/mol. The molecular weight excluding hydrogens is 268 g/mol. The Morgan fingerprint density at radius 3 is 2.47 bits per heavy atom. The molecule has 1 aromatic rings. The lowest BCUT2D eigenvalue weighted by Crippen LogP contribution is -2.26. The molecule has 1 unspecified atom stereocenters. The van der Waals surface area contributed by atoms with Gasteiger partial charge in [0.05, 0.1) is 18.1 Å². The van der Waals surface area contributed by atoms with Gasteiger partial charge in [-0.1, -0.05) is 11.6 Å². The number of methoxy groups -OCH3 is 1. The van der Waals surface area contributed by atoms with Crippen molar-refractivity contribution in [2.45, 2.75) is 31.8 Å². The van der Waals surface area contributed by atoms with E-state index >= 15 is 0 Å². The van der Waals surface area contributed by atoms with Gasteiger partial charge >= 0.3 is 5.97 Å². The molecule has 1 aliphatic rings. The third-order valence-electron chi connectivity index (χ3n) is 3.66. The van der Waals surface area contributed by atoms with E-state index in [9.17, 15) is 9.90 Å². The van der Waals surface area contributed by atoms with Gasteiger partial charge in [0.25, 0.3) is 0 Å². The van der Waals surface area contributed by atoms with Gasteiger partial charge in [0.1, 0.15) is 6.10 Å². The molecule has 1 fully saturated rings. The molecular formula is C13H17ClN2O3. The minimum Gasteiger partial charge on any atom is -0.469 e. The van der Waals surface area contributed by atoms with Crippen LogP contribution in [0.2, 0.25) is 5.02 Å². The van der Waals surface area contributed by atoms with Crippen LogP contribution in [-0.2, 0) is 9.53 Å². The van der Waals surface area contributed by atoms with Gasteiger partial charge in [-0.15, -0.1) is 0 Å². The van der Waals surface area contributed by atoms with Gasteiger partial charge in [-0.05, 0) is 31.6 Å². The molecule has 0 aromatic carbocycles. The third kappa shape index (κ3) is 3.42. The first-order valence-electron chi connectivity index (χ1n) is 6.35. The number of esters is 1. The Hall–Kier alpha value is -1.20. The van der Waals surface area contributed by atoms with Crippen LogP contribution in [-0.4, -0.2) is 28.2 Å². The molecule has 1 N–H and O–H groups in total. The van der Waals surface area contributed by atoms with Crippen LogP contribution in [0.3, 0.4) is 0 Å². The molecule has 0 aliphatic heterocycles. The molecule has 1 aliphatic carbocycles. The number of ether oxygens (including phenoxy) is 1. The van der Waals surface area contributed by atoms with Gasteiger partial charge in [-0.3, -0.25) is 4.79 Å². The van der Waals surface area contributed by atoms with E-state index in [0.717, 1.165) is 25.7 Å². The number of carbonyl (C=O) groups is 1. The third-order valence-corrected chi connectivity index (χ3v) is 3.85. The van der Waals surface area contributed by atoms with Crippen molar-refractivity contribution in [2.24, 2.45) is 11.8 Å². The highest BCUT2D eigenvalue weighted by Crippen LogP contribution is 2.36. The van der Waals surface area contributed by atoms with E-state index in [-0.39, 0.29) is 17.8 Å². The molecule has 1 heterocycles. The molecule has 0 saturated heterocycles. The van der Waals surface area contributed by atoms with Crippen molar-refractivity contribution in [3.63, 3.8) is 0 Å². The van der Waals surface area contributed by atoms with Crippen molar-refractivity contribution in [1.82, 2.24) is 9.97 Å². The highest BCUT2D eigenvalue weighted by Gasteiger charge is 2.32. The maximum Gasteiger partial charge on any atom is 0.308 e. The molecule has 0 radical (unpaired) electrons. The number of carbonyl (C=O) groups excluding carboxylic acids is 1. The maximum atomic E-state index is 11.4. The second-order valence-corrected chi connectivity index (χ2v) is 5.28. The first-order valence-corrected chi connectivity index (χ1v) is 6.73. The summed E-state index contributed by atoms with van der Waals surface area (Å²) in [6.45, 7) is 0. The summed E-state index contributed by atoms with van der Waals surface area (Å²) in [5.74, 6) is 0.281. The molecule has 19 heavy (non-hydrogen) atoms. The van der Waals surface area contributed by atoms with Crippen molar-refractivity contribution in [2.75, 3.05) is 7.11 Å². The minimum absolute atomic E-state index is 0.0420. The van der Waals surface area contributed by atoms with Gasteiger partial charge in [0.15, 0.2) is 5.82 Å². The number of rotatable bonds is 3. The minimum atomic E-state index is -0.698. The zero-order valence-corrected chi connectivity index (χ0v) is 11.5. The number of aliphatic hydroxyl groups excluding tert-OH is 1. The molecule has 1 atom stereocenters. The van der Waals surface area contributed by atoms with Gasteiger partial charge in [0.2, 0.25) is 0 Å². The fourth-order valence-electron chi connectivity index (χ4n) is 2.52. The lowest BCUT2D eigenvalue weighted by molar-refractivity contribution is -0.147. The topological polar surface area (TPSA) is 72.3 Å². The zero-order chi connectivity index (χ0) is 13.8. The smallest absolute Gasteiger partial charge is 0.308 e. The summed E-state index contributed by atoms with van der Waals surface area (Å²) in [6.07, 6.45) is 5.28. The first kappa shape index (κ1) is 14.2. The summed E-state index contributed by atoms with van der Waals surface area (Å²) in [6, 6.07) is 0. The second-order valence-electron chi connectivity index (χ2n) is 4.84. The van der Waals surface area contributed by atoms with Crippen molar-refractivity contribution in [1.29, 1.82) is 0 Å². The van der Waals surface area contributed by atoms with E-state index in [0.29, 0.717) is 10.8 Å². The SMILES string of the molecule is COC(=O)[C@H]1CC[C@H](C(O)c2ncc(Cl)cn2)CC1. The summed E-state index contributed by atoms with van der Waals surface area (Å²) in [7, 11) is 1.41. The van der Waals surface area contributed by atoms with Crippen LogP contribution in [0.1, 0.15) is 37.6 Å². The summed E-state index contributed by atoms with van der Waals surface area (Å²) in [5, 5.41) is 10.7. The Balaban J connectivity index is 1.94. The second kappa shape index (κ2) is 6.30. The zero-order valence-electron chi connectivity index (χ0n) is 10.8. The van der Waals surface area contributed by atoms with Gasteiger partial charge < -0.3 is 9.84 Å². The Kier molecular flexibility index (Phi) is 4.71. The number of nitrogens with zero attached hydrogens (tertiary/aromatic N) is 2. The van der Waals surface area contributed by atoms with Crippen molar-refractivity contribution >= 4 is 17.6 Å². The van der Waals surface area contributed by atoms with E-state index in [1.807, 2.05) is 0 Å². The average Bonchev–Trinajstić information content (AvgIpc) is 2.46. The Morgan fingerprint density at radius 1 is 1.37 bits per heavy atom. The van der Waals surface area contributed by atoms with Crippen LogP contribution < -0.4 is 0 Å². The van der Waals surface area contributed by atoms with Gasteiger partial charge in [-0.2, -0.15) is 0 Å². The Bertz CT molecular complexity index is 430. The van der Waals surface area contributed by atoms with Gasteiger partial charge in [0, 0.05) is 12.4 Å². The first-order chi connectivity index (χ1) is 9.11. The van der Waals surface area contributed by atoms with Crippen molar-refractivity contribution in [3.05, 3.63) is 23.2 Å². The number of aromatic nitrogens is 2. The van der Waals surface area contributed by atoms with Crippen LogP contribution in [0.15, 0.2) is 12.4 Å². The summed E-state index contributed by atoms with van der Waals surface area (Å²) in [4.78, 5) is 19.5. The van der Waals surface area contributed by atoms with E-state index < -0.39 is 6.10 Å². The number of hydrogen-bond donors (Lipinski definition) is 1. The molecule has 104 valence electrons. The Labute approximate surface area is 117 Å². The molecule has 0 amide bonds. The van der Waals surface area contributed by atoms with E-state index in [1.54, 1.807) is 0 Å². The molecule has 1 saturated carbocycles. The maximum absolute atomic E-state index is 11.4. The fraction of sp³-hybridized carbons (Fsp3) is 0.615. The van der Waals surface area contributed by atoms with Crippen molar-refractivity contribution < 1.29 is 14.6 Å². The highest BCUT2D eigenvalue weighted by molar-refractivity contribution is 6.30. The molecule has 0 spiro atoms. The lowest BCUT2D eigenvalue weighted by Gasteiger charge is -2.29. The van der Waals surface area contributed by atoms with E-state index in [2.05, 4.69) is 9.97 Å². The molecule has 1 aromatic heterocycles. The summed E-state index contributed by atoms with van der Waals surface area (Å²) in [5.41, 5.74) is 0. The van der Waals surface area contributed by atoms with Crippen LogP contribution in [0, 0.1) is 11.8 Å². The summed E-state index contributed by atoms with van der Waals surface area (Å²) >= 11 is 5.71. The average molecular weight is 285 g/mol. The lowest BCUT2D eigenvalue weighted by atomic mass is 9.79. The van der Waals surface area contributed by atoms with Crippen LogP contribution in [0.5, 0.6) is 0 Å². The van der Waals surface area contributed by atoms with E-state index in [4.69, 9.17) is 16.3 Å². The highest BCUT2D eigenvalue weighted by atomic mass is 35.5. The molecule has 2 rings (SSSR count). The quantitative estimate of drug-likeness (QED) is 0.861. The summed E-state index contributed by atoms with van der Waals surface area (Å²) < 4.78 is 4.74. The van der Waals surface area contributed by atoms with E-state index in [1.165, 1.54) is 19.5 Å². The standard InChI is InChI=1S/C13H17ClN2O3/c1-19-13(18)9-4-2-8(3-5-9)11(17)12-15-6-10(14)7-16-12/h6-9,11,17H,2-5H2,1H3/t8-,9-,11?.